The monoisotopic (exact) mass is 418 g/mol. The molecule has 2 aromatic rings. The summed E-state index contributed by atoms with van der Waals surface area (Å²) in [6.45, 7) is 4.20. The maximum atomic E-state index is 13.4. The average molecular weight is 419 g/mol. The molecule has 2 aromatic carbocycles. The molecule has 0 fully saturated rings. The van der Waals surface area contributed by atoms with E-state index in [0.29, 0.717) is 16.5 Å². The summed E-state index contributed by atoms with van der Waals surface area (Å²) in [6.07, 6.45) is 2.81. The van der Waals surface area contributed by atoms with E-state index in [-0.39, 0.29) is 12.6 Å². The zero-order chi connectivity index (χ0) is 20.1. The number of carbonyl (C=O) groups excluding carboxylic acids is 1. The van der Waals surface area contributed by atoms with E-state index in [1.54, 1.807) is 37.4 Å². The minimum absolute atomic E-state index is 0.161. The fraction of sp³-hybridized carbons (Fsp3) is 0.286. The summed E-state index contributed by atoms with van der Waals surface area (Å²) in [5.74, 6) is 0. The molecular weight excluding hydrogens is 396 g/mol. The van der Waals surface area contributed by atoms with E-state index in [9.17, 15) is 9.00 Å². The summed E-state index contributed by atoms with van der Waals surface area (Å²) in [6, 6.07) is 14.7. The van der Waals surface area contributed by atoms with Crippen molar-refractivity contribution in [2.45, 2.75) is 23.8 Å². The number of amides is 1. The van der Waals surface area contributed by atoms with Gasteiger partial charge in [0.1, 0.15) is 6.61 Å². The van der Waals surface area contributed by atoms with Gasteiger partial charge in [-0.1, -0.05) is 35.9 Å². The fourth-order valence-corrected chi connectivity index (χ4v) is 4.68. The Labute approximate surface area is 173 Å². The number of hydrogen-bond acceptors (Lipinski definition) is 3. The van der Waals surface area contributed by atoms with E-state index in [1.165, 1.54) is 4.90 Å². The Morgan fingerprint density at radius 1 is 1.32 bits per heavy atom. The summed E-state index contributed by atoms with van der Waals surface area (Å²) in [4.78, 5) is 14.3. The van der Waals surface area contributed by atoms with Gasteiger partial charge in [-0.25, -0.2) is 9.00 Å². The van der Waals surface area contributed by atoms with Gasteiger partial charge in [-0.05, 0) is 48.7 Å². The van der Waals surface area contributed by atoms with Crippen molar-refractivity contribution in [1.29, 1.82) is 0 Å². The first-order chi connectivity index (χ1) is 13.5. The first kappa shape index (κ1) is 20.4. The molecule has 0 N–H and O–H groups in total. The van der Waals surface area contributed by atoms with E-state index in [4.69, 9.17) is 16.3 Å². The van der Waals surface area contributed by atoms with Crippen LogP contribution < -0.4 is 4.31 Å². The Balaban J connectivity index is 1.84. The number of likely N-dealkylation sites (N-methyl/N-ethyl adjacent to an activating group) is 1. The van der Waals surface area contributed by atoms with E-state index in [1.807, 2.05) is 28.6 Å². The van der Waals surface area contributed by atoms with Crippen LogP contribution in [-0.4, -0.2) is 41.4 Å². The van der Waals surface area contributed by atoms with Crippen molar-refractivity contribution in [3.63, 3.8) is 0 Å². The highest BCUT2D eigenvalue weighted by Crippen LogP contribution is 2.34. The number of fused-ring (bicyclic) bond motifs is 1. The average Bonchev–Trinajstić information content (AvgIpc) is 2.71. The predicted octanol–water partition coefficient (Wildman–Crippen LogP) is 4.44. The van der Waals surface area contributed by atoms with Gasteiger partial charge in [-0.3, -0.25) is 4.31 Å². The molecule has 0 saturated carbocycles. The Morgan fingerprint density at radius 2 is 2.04 bits per heavy atom. The standard InChI is InChI=1S/C21H23ClN2O3S/c1-3-14-23(2)21(25)27-15-18-11-8-16-6-4-5-7-20(16)24(18)28(26)19-12-9-17(22)10-13-19/h3-7,9-10,12-13,18H,1,8,11,14-15H2,2H3. The van der Waals surface area contributed by atoms with E-state index in [0.717, 1.165) is 24.1 Å². The number of benzene rings is 2. The van der Waals surface area contributed by atoms with Gasteiger partial charge in [0.15, 0.2) is 11.0 Å². The Kier molecular flexibility index (Phi) is 6.75. The zero-order valence-corrected chi connectivity index (χ0v) is 17.3. The first-order valence-electron chi connectivity index (χ1n) is 9.04. The molecule has 148 valence electrons. The van der Waals surface area contributed by atoms with E-state index >= 15 is 0 Å². The molecule has 0 spiro atoms. The third-order valence-corrected chi connectivity index (χ3v) is 6.39. The fourth-order valence-electron chi connectivity index (χ4n) is 3.16. The van der Waals surface area contributed by atoms with Gasteiger partial charge in [-0.15, -0.1) is 6.58 Å². The summed E-state index contributed by atoms with van der Waals surface area (Å²) < 4.78 is 20.7. The van der Waals surface area contributed by atoms with Crippen LogP contribution in [0.25, 0.3) is 0 Å². The largest absolute Gasteiger partial charge is 0.447 e. The number of carbonyl (C=O) groups is 1. The molecule has 3 rings (SSSR count). The minimum atomic E-state index is -1.44. The van der Waals surface area contributed by atoms with Crippen LogP contribution in [0.4, 0.5) is 10.5 Å². The van der Waals surface area contributed by atoms with Crippen molar-refractivity contribution in [2.75, 3.05) is 24.5 Å². The van der Waals surface area contributed by atoms with Crippen LogP contribution >= 0.6 is 11.6 Å². The zero-order valence-electron chi connectivity index (χ0n) is 15.7. The first-order valence-corrected chi connectivity index (χ1v) is 10.5. The smallest absolute Gasteiger partial charge is 0.409 e. The second kappa shape index (κ2) is 9.26. The molecule has 5 nitrogen and oxygen atoms in total. The van der Waals surface area contributed by atoms with Gasteiger partial charge >= 0.3 is 6.09 Å². The SMILES string of the molecule is C=CCN(C)C(=O)OCC1CCc2ccccc2N1S(=O)c1ccc(Cl)cc1. The maximum Gasteiger partial charge on any atom is 0.409 e. The molecule has 1 aliphatic heterocycles. The molecule has 0 aromatic heterocycles. The van der Waals surface area contributed by atoms with Crippen molar-refractivity contribution < 1.29 is 13.7 Å². The van der Waals surface area contributed by atoms with Gasteiger partial charge in [0.2, 0.25) is 0 Å². The van der Waals surface area contributed by atoms with Crippen molar-refractivity contribution in [2.24, 2.45) is 0 Å². The molecule has 28 heavy (non-hydrogen) atoms. The number of para-hydroxylation sites is 1. The Morgan fingerprint density at radius 3 is 2.75 bits per heavy atom. The lowest BCUT2D eigenvalue weighted by atomic mass is 9.98. The molecule has 0 aliphatic carbocycles. The van der Waals surface area contributed by atoms with Crippen molar-refractivity contribution in [3.8, 4) is 0 Å². The second-order valence-corrected chi connectivity index (χ2v) is 8.40. The van der Waals surface area contributed by atoms with Crippen molar-refractivity contribution >= 4 is 34.4 Å². The summed E-state index contributed by atoms with van der Waals surface area (Å²) in [5, 5.41) is 0.593. The highest BCUT2D eigenvalue weighted by Gasteiger charge is 2.32. The topological polar surface area (TPSA) is 49.9 Å². The molecule has 1 heterocycles. The van der Waals surface area contributed by atoms with Crippen LogP contribution in [0.1, 0.15) is 12.0 Å². The Hall–Kier alpha value is -2.31. The molecular formula is C21H23ClN2O3S. The lowest BCUT2D eigenvalue weighted by Crippen LogP contribution is -2.44. The third-order valence-electron chi connectivity index (χ3n) is 4.62. The van der Waals surface area contributed by atoms with Gasteiger partial charge in [-0.2, -0.15) is 0 Å². The molecule has 2 unspecified atom stereocenters. The minimum Gasteiger partial charge on any atom is -0.447 e. The highest BCUT2D eigenvalue weighted by atomic mass is 35.5. The Bertz CT molecular complexity index is 872. The van der Waals surface area contributed by atoms with Crippen LogP contribution in [0.2, 0.25) is 5.02 Å². The van der Waals surface area contributed by atoms with Gasteiger partial charge < -0.3 is 9.64 Å². The number of aryl methyl sites for hydroxylation is 1. The van der Waals surface area contributed by atoms with Crippen LogP contribution in [-0.2, 0) is 22.1 Å². The van der Waals surface area contributed by atoms with E-state index in [2.05, 4.69) is 6.58 Å². The number of rotatable bonds is 6. The van der Waals surface area contributed by atoms with Crippen LogP contribution in [0, 0.1) is 0 Å². The van der Waals surface area contributed by atoms with Gasteiger partial charge in [0.05, 0.1) is 16.6 Å². The molecule has 0 saturated heterocycles. The van der Waals surface area contributed by atoms with Crippen LogP contribution in [0.3, 0.4) is 0 Å². The number of anilines is 1. The lowest BCUT2D eigenvalue weighted by Gasteiger charge is -2.37. The van der Waals surface area contributed by atoms with Crippen LogP contribution in [0.5, 0.6) is 0 Å². The third kappa shape index (κ3) is 4.56. The summed E-state index contributed by atoms with van der Waals surface area (Å²) >= 11 is 5.97. The molecule has 7 heteroatoms. The molecule has 0 bridgehead atoms. The number of hydrogen-bond donors (Lipinski definition) is 0. The normalized spacial score (nSPS) is 16.8. The predicted molar refractivity (Wildman–Crippen MR) is 113 cm³/mol. The van der Waals surface area contributed by atoms with Gasteiger partial charge in [0.25, 0.3) is 0 Å². The van der Waals surface area contributed by atoms with Gasteiger partial charge in [0, 0.05) is 18.6 Å². The lowest BCUT2D eigenvalue weighted by molar-refractivity contribution is 0.108. The van der Waals surface area contributed by atoms with Crippen LogP contribution in [0.15, 0.2) is 66.1 Å². The number of halogens is 1. The number of ether oxygens (including phenoxy) is 1. The maximum absolute atomic E-state index is 13.4. The highest BCUT2D eigenvalue weighted by molar-refractivity contribution is 7.86. The molecule has 1 aliphatic rings. The molecule has 2 atom stereocenters. The molecule has 0 radical (unpaired) electrons. The second-order valence-electron chi connectivity index (χ2n) is 6.60. The van der Waals surface area contributed by atoms with Crippen molar-refractivity contribution in [1.82, 2.24) is 4.90 Å². The summed E-state index contributed by atoms with van der Waals surface area (Å²) in [5.41, 5.74) is 2.04. The number of nitrogens with zero attached hydrogens (tertiary/aromatic N) is 2. The van der Waals surface area contributed by atoms with Crippen molar-refractivity contribution in [3.05, 3.63) is 71.8 Å². The quantitative estimate of drug-likeness (QED) is 0.651. The summed E-state index contributed by atoms with van der Waals surface area (Å²) in [7, 11) is 0.212. The molecule has 1 amide bonds. The van der Waals surface area contributed by atoms with E-state index < -0.39 is 17.1 Å².